The number of esters is 1. The molecule has 0 aliphatic rings. The summed E-state index contributed by atoms with van der Waals surface area (Å²) in [6.07, 6.45) is 4.92. The molecule has 0 fully saturated rings. The van der Waals surface area contributed by atoms with E-state index in [0.29, 0.717) is 12.8 Å². The Bertz CT molecular complexity index is 642. The minimum absolute atomic E-state index is 0.0574. The van der Waals surface area contributed by atoms with Crippen molar-refractivity contribution in [2.24, 2.45) is 0 Å². The van der Waals surface area contributed by atoms with E-state index in [2.05, 4.69) is 33.8 Å². The number of carbonyl (C=O) groups excluding carboxylic acids is 4. The lowest BCUT2D eigenvalue weighted by Crippen LogP contribution is -2.56. The zero-order chi connectivity index (χ0) is 24.0. The summed E-state index contributed by atoms with van der Waals surface area (Å²) in [5.41, 5.74) is -0.520. The van der Waals surface area contributed by atoms with Crippen LogP contribution in [-0.2, 0) is 28.7 Å². The third-order valence-corrected chi connectivity index (χ3v) is 4.10. The number of rotatable bonds is 14. The zero-order valence-corrected chi connectivity index (χ0v) is 19.3. The van der Waals surface area contributed by atoms with E-state index in [0.717, 1.165) is 0 Å². The lowest BCUT2D eigenvalue weighted by molar-refractivity contribution is -0.145. The molecule has 0 radical (unpaired) electrons. The van der Waals surface area contributed by atoms with Crippen LogP contribution < -0.4 is 16.0 Å². The van der Waals surface area contributed by atoms with Crippen molar-refractivity contribution < 1.29 is 28.7 Å². The Morgan fingerprint density at radius 3 is 2.13 bits per heavy atom. The van der Waals surface area contributed by atoms with E-state index in [4.69, 9.17) is 4.74 Å². The summed E-state index contributed by atoms with van der Waals surface area (Å²) in [7, 11) is 1.22. The van der Waals surface area contributed by atoms with Crippen molar-refractivity contribution >= 4 is 23.7 Å². The fraction of sp³-hybridized carbons (Fsp3) is 0.636. The van der Waals surface area contributed by atoms with Crippen molar-refractivity contribution in [2.75, 3.05) is 13.7 Å². The number of hydrogen-bond acceptors (Lipinski definition) is 6. The molecule has 0 aromatic heterocycles. The molecule has 0 aliphatic heterocycles. The van der Waals surface area contributed by atoms with E-state index in [1.807, 2.05) is 20.8 Å². The Hall–Kier alpha value is -2.68. The molecule has 3 amide bonds. The fourth-order valence-electron chi connectivity index (χ4n) is 2.39. The van der Waals surface area contributed by atoms with Crippen molar-refractivity contribution in [3.8, 4) is 0 Å². The normalized spacial score (nSPS) is 13.8. The van der Waals surface area contributed by atoms with Gasteiger partial charge in [-0.3, -0.25) is 14.4 Å². The Morgan fingerprint density at radius 1 is 0.968 bits per heavy atom. The summed E-state index contributed by atoms with van der Waals surface area (Å²) < 4.78 is 10.3. The van der Waals surface area contributed by atoms with E-state index in [-0.39, 0.29) is 25.4 Å². The maximum absolute atomic E-state index is 12.7. The van der Waals surface area contributed by atoms with Gasteiger partial charge in [0.05, 0.1) is 19.3 Å². The van der Waals surface area contributed by atoms with Crippen LogP contribution in [0.1, 0.15) is 53.4 Å². The molecule has 0 heterocycles. The topological polar surface area (TPSA) is 123 Å². The smallest absolute Gasteiger partial charge is 0.328 e. The Kier molecular flexibility index (Phi) is 13.1. The molecule has 3 N–H and O–H groups in total. The molecule has 0 aromatic carbocycles. The number of ether oxygens (including phenoxy) is 2. The second-order valence-electron chi connectivity index (χ2n) is 8.06. The molecule has 31 heavy (non-hydrogen) atoms. The van der Waals surface area contributed by atoms with Gasteiger partial charge in [0.2, 0.25) is 17.7 Å². The largest absolute Gasteiger partial charge is 0.467 e. The van der Waals surface area contributed by atoms with Crippen LogP contribution >= 0.6 is 0 Å². The number of methoxy groups -OCH3 is 1. The molecule has 0 aromatic rings. The van der Waals surface area contributed by atoms with Gasteiger partial charge in [0, 0.05) is 6.42 Å². The first-order chi connectivity index (χ1) is 14.4. The van der Waals surface area contributed by atoms with E-state index in [9.17, 15) is 19.2 Å². The van der Waals surface area contributed by atoms with Crippen LogP contribution in [0.25, 0.3) is 0 Å². The predicted molar refractivity (Wildman–Crippen MR) is 118 cm³/mol. The van der Waals surface area contributed by atoms with Gasteiger partial charge in [0.1, 0.15) is 18.1 Å². The molecule has 0 unspecified atom stereocenters. The van der Waals surface area contributed by atoms with Crippen molar-refractivity contribution in [3.63, 3.8) is 0 Å². The quantitative estimate of drug-likeness (QED) is 0.213. The highest BCUT2D eigenvalue weighted by Crippen LogP contribution is 2.08. The summed E-state index contributed by atoms with van der Waals surface area (Å²) in [6.45, 7) is 14.1. The van der Waals surface area contributed by atoms with Crippen LogP contribution in [0, 0.1) is 0 Å². The minimum atomic E-state index is -0.977. The van der Waals surface area contributed by atoms with Gasteiger partial charge >= 0.3 is 5.97 Å². The monoisotopic (exact) mass is 439 g/mol. The van der Waals surface area contributed by atoms with Crippen molar-refractivity contribution in [2.45, 2.75) is 77.1 Å². The third-order valence-electron chi connectivity index (χ3n) is 4.10. The van der Waals surface area contributed by atoms with Crippen LogP contribution in [0.4, 0.5) is 0 Å². The maximum Gasteiger partial charge on any atom is 0.328 e. The molecule has 9 heteroatoms. The van der Waals surface area contributed by atoms with Gasteiger partial charge < -0.3 is 25.4 Å². The van der Waals surface area contributed by atoms with Crippen LogP contribution in [0.2, 0.25) is 0 Å². The highest BCUT2D eigenvalue weighted by Gasteiger charge is 2.28. The van der Waals surface area contributed by atoms with Gasteiger partial charge in [-0.2, -0.15) is 0 Å². The van der Waals surface area contributed by atoms with Crippen LogP contribution in [0.3, 0.4) is 0 Å². The molecule has 0 saturated heterocycles. The number of unbranched alkanes of at least 4 members (excludes halogenated alkanes) is 1. The Labute approximate surface area is 185 Å². The Balaban J connectivity index is 5.08. The molecule has 9 nitrogen and oxygen atoms in total. The standard InChI is InChI=1S/C22H37N3O6/c1-8-10-11-13-18(26)24-17(14-31-22(4,5)6)20(28)23-15(3)19(27)25-16(12-9-2)21(29)30-7/h8-9,15-17H,1-2,10-14H2,3-7H3,(H,23,28)(H,24,26)(H,25,27)/t15-,16+,17-/m0/s1. The SMILES string of the molecule is C=CCCCC(=O)N[C@@H](COC(C)(C)C)C(=O)N[C@@H](C)C(=O)N[C@H](CC=C)C(=O)OC. The highest BCUT2D eigenvalue weighted by molar-refractivity contribution is 5.93. The van der Waals surface area contributed by atoms with Crippen molar-refractivity contribution in [1.82, 2.24) is 16.0 Å². The predicted octanol–water partition coefficient (Wildman–Crippen LogP) is 1.38. The number of carbonyl (C=O) groups is 4. The lowest BCUT2D eigenvalue weighted by atomic mass is 10.1. The summed E-state index contributed by atoms with van der Waals surface area (Å²) in [4.78, 5) is 49.1. The first kappa shape index (κ1) is 28.3. The Morgan fingerprint density at radius 2 is 1.61 bits per heavy atom. The van der Waals surface area contributed by atoms with Crippen molar-refractivity contribution in [3.05, 3.63) is 25.3 Å². The van der Waals surface area contributed by atoms with E-state index in [1.54, 1.807) is 6.08 Å². The summed E-state index contributed by atoms with van der Waals surface area (Å²) >= 11 is 0. The van der Waals surface area contributed by atoms with Crippen LogP contribution in [0.15, 0.2) is 25.3 Å². The molecule has 0 spiro atoms. The third kappa shape index (κ3) is 12.6. The number of hydrogen-bond donors (Lipinski definition) is 3. The van der Waals surface area contributed by atoms with Gasteiger partial charge in [0.25, 0.3) is 0 Å². The second-order valence-corrected chi connectivity index (χ2v) is 8.06. The average molecular weight is 440 g/mol. The summed E-state index contributed by atoms with van der Waals surface area (Å²) in [5.74, 6) is -2.05. The molecule has 0 saturated carbocycles. The first-order valence-electron chi connectivity index (χ1n) is 10.3. The molecule has 176 valence electrons. The van der Waals surface area contributed by atoms with E-state index in [1.165, 1.54) is 20.1 Å². The van der Waals surface area contributed by atoms with Crippen LogP contribution in [0.5, 0.6) is 0 Å². The van der Waals surface area contributed by atoms with Gasteiger partial charge in [-0.15, -0.1) is 13.2 Å². The van der Waals surface area contributed by atoms with Gasteiger partial charge in [-0.25, -0.2) is 4.79 Å². The van der Waals surface area contributed by atoms with E-state index < -0.39 is 41.5 Å². The van der Waals surface area contributed by atoms with Gasteiger partial charge in [-0.05, 0) is 47.0 Å². The van der Waals surface area contributed by atoms with Gasteiger partial charge in [-0.1, -0.05) is 12.2 Å². The molecular weight excluding hydrogens is 402 g/mol. The average Bonchev–Trinajstić information content (AvgIpc) is 2.69. The molecule has 0 bridgehead atoms. The molecular formula is C22H37N3O6. The highest BCUT2D eigenvalue weighted by atomic mass is 16.5. The van der Waals surface area contributed by atoms with Crippen molar-refractivity contribution in [1.29, 1.82) is 0 Å². The van der Waals surface area contributed by atoms with E-state index >= 15 is 0 Å². The van der Waals surface area contributed by atoms with Gasteiger partial charge in [0.15, 0.2) is 0 Å². The molecule has 0 aliphatic carbocycles. The summed E-state index contributed by atoms with van der Waals surface area (Å²) in [5, 5.41) is 7.72. The first-order valence-corrected chi connectivity index (χ1v) is 10.3. The zero-order valence-electron chi connectivity index (χ0n) is 19.3. The number of amides is 3. The van der Waals surface area contributed by atoms with Crippen LogP contribution in [-0.4, -0.2) is 61.1 Å². The minimum Gasteiger partial charge on any atom is -0.467 e. The maximum atomic E-state index is 12.7. The fourth-order valence-corrected chi connectivity index (χ4v) is 2.39. The summed E-state index contributed by atoms with van der Waals surface area (Å²) in [6, 6.07) is -2.84. The molecule has 0 rings (SSSR count). The number of allylic oxidation sites excluding steroid dienone is 1. The lowest BCUT2D eigenvalue weighted by Gasteiger charge is -2.26. The number of nitrogens with one attached hydrogen (secondary N) is 3. The second kappa shape index (κ2) is 14.3. The molecule has 3 atom stereocenters.